The highest BCUT2D eigenvalue weighted by atomic mass is 16.2. The van der Waals surface area contributed by atoms with Gasteiger partial charge >= 0.3 is 0 Å². The zero-order valence-corrected chi connectivity index (χ0v) is 14.3. The normalized spacial score (nSPS) is 11.0. The highest BCUT2D eigenvalue weighted by Gasteiger charge is 2.16. The second kappa shape index (κ2) is 7.25. The summed E-state index contributed by atoms with van der Waals surface area (Å²) in [4.78, 5) is 29.2. The van der Waals surface area contributed by atoms with Crippen molar-refractivity contribution in [2.45, 2.75) is 26.9 Å². The molecule has 0 atom stereocenters. The summed E-state index contributed by atoms with van der Waals surface area (Å²) >= 11 is 0. The van der Waals surface area contributed by atoms with Gasteiger partial charge in [-0.1, -0.05) is 32.0 Å². The van der Waals surface area contributed by atoms with Crippen LogP contribution >= 0.6 is 0 Å². The lowest BCUT2D eigenvalue weighted by Gasteiger charge is -2.12. The minimum absolute atomic E-state index is 0.171. The van der Waals surface area contributed by atoms with Crippen LogP contribution in [0.25, 0.3) is 10.8 Å². The summed E-state index contributed by atoms with van der Waals surface area (Å²) < 4.78 is 1.38. The van der Waals surface area contributed by atoms with E-state index in [1.165, 1.54) is 4.68 Å². The third kappa shape index (κ3) is 3.74. The molecule has 0 radical (unpaired) electrons. The Bertz CT molecular complexity index is 949. The van der Waals surface area contributed by atoms with E-state index in [0.717, 1.165) is 5.56 Å². The van der Waals surface area contributed by atoms with Gasteiger partial charge in [-0.2, -0.15) is 5.10 Å². The van der Waals surface area contributed by atoms with Crippen LogP contribution < -0.4 is 10.9 Å². The molecule has 0 unspecified atom stereocenters. The standard InChI is InChI=1S/C19H20N4O2/c1-13(2)12-23-19(25)16-6-4-3-5-15(16)17(22-23)18(24)21-11-14-7-9-20-10-8-14/h3-10,13H,11-12H2,1-2H3,(H,21,24). The summed E-state index contributed by atoms with van der Waals surface area (Å²) in [6.07, 6.45) is 3.36. The molecule has 1 N–H and O–H groups in total. The molecular formula is C19H20N4O2. The van der Waals surface area contributed by atoms with Gasteiger partial charge in [0.15, 0.2) is 5.69 Å². The van der Waals surface area contributed by atoms with Crippen LogP contribution in [0, 0.1) is 5.92 Å². The molecule has 2 aromatic heterocycles. The smallest absolute Gasteiger partial charge is 0.274 e. The van der Waals surface area contributed by atoms with E-state index in [-0.39, 0.29) is 23.1 Å². The van der Waals surface area contributed by atoms with Crippen molar-refractivity contribution in [2.75, 3.05) is 0 Å². The van der Waals surface area contributed by atoms with Crippen molar-refractivity contribution in [1.29, 1.82) is 0 Å². The summed E-state index contributed by atoms with van der Waals surface area (Å²) in [5.41, 5.74) is 1.04. The zero-order valence-electron chi connectivity index (χ0n) is 14.3. The van der Waals surface area contributed by atoms with Gasteiger partial charge in [-0.25, -0.2) is 4.68 Å². The second-order valence-electron chi connectivity index (χ2n) is 6.31. The summed E-state index contributed by atoms with van der Waals surface area (Å²) in [6.45, 7) is 4.86. The summed E-state index contributed by atoms with van der Waals surface area (Å²) in [5.74, 6) is -0.0513. The zero-order chi connectivity index (χ0) is 17.8. The first kappa shape index (κ1) is 16.8. The predicted octanol–water partition coefficient (Wildman–Crippen LogP) is 2.38. The average molecular weight is 336 g/mol. The van der Waals surface area contributed by atoms with Gasteiger partial charge in [-0.15, -0.1) is 0 Å². The Morgan fingerprint density at radius 2 is 1.80 bits per heavy atom. The summed E-state index contributed by atoms with van der Waals surface area (Å²) in [6, 6.07) is 10.8. The van der Waals surface area contributed by atoms with E-state index < -0.39 is 0 Å². The van der Waals surface area contributed by atoms with Gasteiger partial charge < -0.3 is 5.32 Å². The van der Waals surface area contributed by atoms with E-state index in [9.17, 15) is 9.59 Å². The van der Waals surface area contributed by atoms with Crippen LogP contribution in [0.15, 0.2) is 53.6 Å². The van der Waals surface area contributed by atoms with Crippen molar-refractivity contribution in [3.8, 4) is 0 Å². The lowest BCUT2D eigenvalue weighted by Crippen LogP contribution is -2.31. The lowest BCUT2D eigenvalue weighted by molar-refractivity contribution is 0.0945. The number of fused-ring (bicyclic) bond motifs is 1. The van der Waals surface area contributed by atoms with Crippen LogP contribution in [0.5, 0.6) is 0 Å². The number of carbonyl (C=O) groups is 1. The average Bonchev–Trinajstić information content (AvgIpc) is 2.62. The van der Waals surface area contributed by atoms with Gasteiger partial charge in [0.25, 0.3) is 11.5 Å². The monoisotopic (exact) mass is 336 g/mol. The van der Waals surface area contributed by atoms with Gasteiger partial charge in [0.05, 0.1) is 5.39 Å². The molecule has 0 saturated heterocycles. The maximum Gasteiger partial charge on any atom is 0.274 e. The Kier molecular flexibility index (Phi) is 4.88. The number of carbonyl (C=O) groups excluding carboxylic acids is 1. The SMILES string of the molecule is CC(C)Cn1nc(C(=O)NCc2ccncc2)c2ccccc2c1=O. The fourth-order valence-corrected chi connectivity index (χ4v) is 2.64. The van der Waals surface area contributed by atoms with E-state index >= 15 is 0 Å². The minimum atomic E-state index is -0.300. The first-order valence-electron chi connectivity index (χ1n) is 8.23. The molecule has 3 aromatic rings. The number of nitrogens with zero attached hydrogens (tertiary/aromatic N) is 3. The van der Waals surface area contributed by atoms with Crippen molar-refractivity contribution in [2.24, 2.45) is 5.92 Å². The molecule has 0 aliphatic heterocycles. The molecule has 1 amide bonds. The number of aromatic nitrogens is 3. The van der Waals surface area contributed by atoms with Gasteiger partial charge in [0.2, 0.25) is 0 Å². The van der Waals surface area contributed by atoms with Crippen molar-refractivity contribution < 1.29 is 4.79 Å². The van der Waals surface area contributed by atoms with Crippen LogP contribution in [0.4, 0.5) is 0 Å². The molecule has 3 rings (SSSR count). The van der Waals surface area contributed by atoms with Crippen molar-refractivity contribution >= 4 is 16.7 Å². The fraction of sp³-hybridized carbons (Fsp3) is 0.263. The summed E-state index contributed by atoms with van der Waals surface area (Å²) in [5, 5.41) is 8.27. The number of nitrogens with one attached hydrogen (secondary N) is 1. The Balaban J connectivity index is 1.97. The van der Waals surface area contributed by atoms with Crippen LogP contribution in [0.1, 0.15) is 29.9 Å². The predicted molar refractivity (Wildman–Crippen MR) is 96.2 cm³/mol. The maximum absolute atomic E-state index is 12.7. The number of rotatable bonds is 5. The van der Waals surface area contributed by atoms with E-state index in [4.69, 9.17) is 0 Å². The molecule has 0 bridgehead atoms. The second-order valence-corrected chi connectivity index (χ2v) is 6.31. The first-order chi connectivity index (χ1) is 12.1. The van der Waals surface area contributed by atoms with E-state index in [1.807, 2.05) is 26.0 Å². The van der Waals surface area contributed by atoms with Gasteiger partial charge in [-0.3, -0.25) is 14.6 Å². The topological polar surface area (TPSA) is 76.9 Å². The molecule has 1 aromatic carbocycles. The molecule has 0 spiro atoms. The number of benzene rings is 1. The molecular weight excluding hydrogens is 316 g/mol. The molecule has 0 aliphatic carbocycles. The van der Waals surface area contributed by atoms with Gasteiger partial charge in [0.1, 0.15) is 0 Å². The first-order valence-corrected chi connectivity index (χ1v) is 8.23. The molecule has 25 heavy (non-hydrogen) atoms. The Labute approximate surface area is 145 Å². The third-order valence-corrected chi connectivity index (χ3v) is 3.82. The van der Waals surface area contributed by atoms with E-state index in [0.29, 0.717) is 23.9 Å². The molecule has 6 nitrogen and oxygen atoms in total. The number of amides is 1. The molecule has 2 heterocycles. The highest BCUT2D eigenvalue weighted by molar-refractivity contribution is 6.04. The molecule has 0 fully saturated rings. The van der Waals surface area contributed by atoms with E-state index in [1.54, 1.807) is 36.7 Å². The Hall–Kier alpha value is -3.02. The fourth-order valence-electron chi connectivity index (χ4n) is 2.64. The summed E-state index contributed by atoms with van der Waals surface area (Å²) in [7, 11) is 0. The van der Waals surface area contributed by atoms with Crippen LogP contribution in [0.2, 0.25) is 0 Å². The van der Waals surface area contributed by atoms with Crippen LogP contribution in [-0.2, 0) is 13.1 Å². The molecule has 128 valence electrons. The Morgan fingerprint density at radius 3 is 2.48 bits per heavy atom. The number of hydrogen-bond donors (Lipinski definition) is 1. The van der Waals surface area contributed by atoms with Crippen LogP contribution in [0.3, 0.4) is 0 Å². The third-order valence-electron chi connectivity index (χ3n) is 3.82. The largest absolute Gasteiger partial charge is 0.347 e. The maximum atomic E-state index is 12.7. The number of hydrogen-bond acceptors (Lipinski definition) is 4. The minimum Gasteiger partial charge on any atom is -0.347 e. The quantitative estimate of drug-likeness (QED) is 0.776. The van der Waals surface area contributed by atoms with Crippen molar-refractivity contribution in [1.82, 2.24) is 20.1 Å². The van der Waals surface area contributed by atoms with Crippen LogP contribution in [-0.4, -0.2) is 20.7 Å². The Morgan fingerprint density at radius 1 is 1.12 bits per heavy atom. The molecule has 0 aliphatic rings. The highest BCUT2D eigenvalue weighted by Crippen LogP contribution is 2.14. The lowest BCUT2D eigenvalue weighted by atomic mass is 10.1. The molecule has 6 heteroatoms. The van der Waals surface area contributed by atoms with Gasteiger partial charge in [-0.05, 0) is 29.7 Å². The van der Waals surface area contributed by atoms with Gasteiger partial charge in [0, 0.05) is 30.9 Å². The molecule has 0 saturated carbocycles. The van der Waals surface area contributed by atoms with E-state index in [2.05, 4.69) is 15.4 Å². The van der Waals surface area contributed by atoms with Crippen molar-refractivity contribution in [3.63, 3.8) is 0 Å². The van der Waals surface area contributed by atoms with Crippen molar-refractivity contribution in [3.05, 3.63) is 70.4 Å². The number of pyridine rings is 1.